The number of hydrogen-bond donors (Lipinski definition) is 2. The van der Waals surface area contributed by atoms with Crippen LogP contribution in [0.25, 0.3) is 0 Å². The Balaban J connectivity index is 2.66. The standard InChI is InChI=1S/C10H13O5P/c1-8(10(11)12)15-16(13,14)7-9-5-3-2-4-6-9/h2-6,8H,7H2,1H3,(H,11,12)(H,13,14). The Morgan fingerprint density at radius 1 is 1.44 bits per heavy atom. The fraction of sp³-hybridized carbons (Fsp3) is 0.300. The molecule has 2 unspecified atom stereocenters. The van der Waals surface area contributed by atoms with Crippen molar-refractivity contribution >= 4 is 13.6 Å². The Hall–Kier alpha value is -1.16. The number of carboxylic acids is 1. The van der Waals surface area contributed by atoms with Crippen LogP contribution in [0.3, 0.4) is 0 Å². The predicted molar refractivity (Wildman–Crippen MR) is 58.2 cm³/mol. The van der Waals surface area contributed by atoms with Gasteiger partial charge in [0.1, 0.15) is 0 Å². The maximum absolute atomic E-state index is 11.6. The molecular weight excluding hydrogens is 231 g/mol. The maximum atomic E-state index is 11.6. The van der Waals surface area contributed by atoms with Gasteiger partial charge in [-0.2, -0.15) is 0 Å². The molecule has 0 saturated heterocycles. The Morgan fingerprint density at radius 2 is 2.00 bits per heavy atom. The molecule has 0 radical (unpaired) electrons. The lowest BCUT2D eigenvalue weighted by molar-refractivity contribution is -0.144. The zero-order chi connectivity index (χ0) is 12.2. The van der Waals surface area contributed by atoms with Crippen LogP contribution < -0.4 is 0 Å². The summed E-state index contributed by atoms with van der Waals surface area (Å²) in [5.74, 6) is -1.26. The lowest BCUT2D eigenvalue weighted by Crippen LogP contribution is -2.18. The Kier molecular flexibility index (Phi) is 4.24. The van der Waals surface area contributed by atoms with E-state index in [9.17, 15) is 14.3 Å². The van der Waals surface area contributed by atoms with Crippen LogP contribution in [0.15, 0.2) is 30.3 Å². The van der Waals surface area contributed by atoms with Crippen molar-refractivity contribution in [1.29, 1.82) is 0 Å². The summed E-state index contributed by atoms with van der Waals surface area (Å²) in [4.78, 5) is 19.9. The van der Waals surface area contributed by atoms with Gasteiger partial charge in [0.15, 0.2) is 6.10 Å². The lowest BCUT2D eigenvalue weighted by Gasteiger charge is -2.14. The molecule has 88 valence electrons. The number of carbonyl (C=O) groups is 1. The third-order valence-electron chi connectivity index (χ3n) is 1.90. The summed E-state index contributed by atoms with van der Waals surface area (Å²) in [6, 6.07) is 8.60. The van der Waals surface area contributed by atoms with E-state index < -0.39 is 19.7 Å². The van der Waals surface area contributed by atoms with E-state index >= 15 is 0 Å². The fourth-order valence-electron chi connectivity index (χ4n) is 1.14. The quantitative estimate of drug-likeness (QED) is 0.772. The highest BCUT2D eigenvalue weighted by atomic mass is 31.2. The molecule has 5 nitrogen and oxygen atoms in total. The molecule has 0 spiro atoms. The summed E-state index contributed by atoms with van der Waals surface area (Å²) >= 11 is 0. The minimum absolute atomic E-state index is 0.189. The van der Waals surface area contributed by atoms with Crippen LogP contribution in [0.5, 0.6) is 0 Å². The minimum atomic E-state index is -3.91. The van der Waals surface area contributed by atoms with Crippen molar-refractivity contribution in [3.8, 4) is 0 Å². The lowest BCUT2D eigenvalue weighted by atomic mass is 10.2. The zero-order valence-corrected chi connectivity index (χ0v) is 9.63. The fourth-order valence-corrected chi connectivity index (χ4v) is 2.47. The van der Waals surface area contributed by atoms with E-state index in [1.165, 1.54) is 6.92 Å². The molecule has 2 atom stereocenters. The van der Waals surface area contributed by atoms with Gasteiger partial charge in [-0.25, -0.2) is 4.79 Å². The molecular formula is C10H13O5P. The van der Waals surface area contributed by atoms with Crippen LogP contribution in [0.2, 0.25) is 0 Å². The van der Waals surface area contributed by atoms with Crippen molar-refractivity contribution in [2.45, 2.75) is 19.2 Å². The molecule has 1 rings (SSSR count). The topological polar surface area (TPSA) is 83.8 Å². The van der Waals surface area contributed by atoms with Crippen LogP contribution in [0.1, 0.15) is 12.5 Å². The number of aliphatic carboxylic acids is 1. The second-order valence-electron chi connectivity index (χ2n) is 3.37. The first-order valence-corrected chi connectivity index (χ1v) is 6.44. The summed E-state index contributed by atoms with van der Waals surface area (Å²) in [5, 5.41) is 8.55. The predicted octanol–water partition coefficient (Wildman–Crippen LogP) is 1.86. The highest BCUT2D eigenvalue weighted by Crippen LogP contribution is 2.46. The van der Waals surface area contributed by atoms with Crippen LogP contribution in [0, 0.1) is 0 Å². The summed E-state index contributed by atoms with van der Waals surface area (Å²) in [7, 11) is -3.91. The van der Waals surface area contributed by atoms with Crippen molar-refractivity contribution < 1.29 is 23.9 Å². The van der Waals surface area contributed by atoms with E-state index in [0.29, 0.717) is 5.56 Å². The molecule has 0 bridgehead atoms. The molecule has 0 saturated carbocycles. The van der Waals surface area contributed by atoms with E-state index in [-0.39, 0.29) is 6.16 Å². The van der Waals surface area contributed by atoms with Gasteiger partial charge in [0.05, 0.1) is 6.16 Å². The van der Waals surface area contributed by atoms with E-state index in [4.69, 9.17) is 5.11 Å². The molecule has 0 fully saturated rings. The molecule has 6 heteroatoms. The van der Waals surface area contributed by atoms with Gasteiger partial charge >= 0.3 is 13.6 Å². The van der Waals surface area contributed by atoms with Gasteiger partial charge in [-0.15, -0.1) is 0 Å². The molecule has 0 aliphatic carbocycles. The van der Waals surface area contributed by atoms with Crippen LogP contribution >= 0.6 is 7.60 Å². The monoisotopic (exact) mass is 244 g/mol. The molecule has 0 aromatic heterocycles. The number of hydrogen-bond acceptors (Lipinski definition) is 3. The Bertz CT molecular complexity index is 403. The molecule has 0 aliphatic rings. The van der Waals surface area contributed by atoms with Crippen molar-refractivity contribution in [2.24, 2.45) is 0 Å². The smallest absolute Gasteiger partial charge is 0.333 e. The van der Waals surface area contributed by atoms with Crippen molar-refractivity contribution in [3.63, 3.8) is 0 Å². The molecule has 1 aromatic rings. The van der Waals surface area contributed by atoms with E-state index in [2.05, 4.69) is 4.52 Å². The number of carboxylic acid groups (broad SMARTS) is 1. The third-order valence-corrected chi connectivity index (χ3v) is 3.31. The number of benzene rings is 1. The van der Waals surface area contributed by atoms with Crippen molar-refractivity contribution in [1.82, 2.24) is 0 Å². The SMILES string of the molecule is CC(OP(=O)(O)Cc1ccccc1)C(=O)O. The molecule has 0 aliphatic heterocycles. The summed E-state index contributed by atoms with van der Waals surface area (Å²) in [5.41, 5.74) is 0.630. The highest BCUT2D eigenvalue weighted by molar-refractivity contribution is 7.52. The summed E-state index contributed by atoms with van der Waals surface area (Å²) in [6.45, 7) is 1.22. The van der Waals surface area contributed by atoms with E-state index in [0.717, 1.165) is 0 Å². The molecule has 16 heavy (non-hydrogen) atoms. The maximum Gasteiger partial charge on any atom is 0.333 e. The molecule has 0 heterocycles. The average molecular weight is 244 g/mol. The van der Waals surface area contributed by atoms with E-state index in [1.807, 2.05) is 0 Å². The van der Waals surface area contributed by atoms with Crippen molar-refractivity contribution in [3.05, 3.63) is 35.9 Å². The molecule has 0 amide bonds. The van der Waals surface area contributed by atoms with Gasteiger partial charge in [0, 0.05) is 0 Å². The molecule has 2 N–H and O–H groups in total. The second-order valence-corrected chi connectivity index (χ2v) is 5.17. The highest BCUT2D eigenvalue weighted by Gasteiger charge is 2.26. The number of rotatable bonds is 5. The average Bonchev–Trinajstić information content (AvgIpc) is 2.17. The van der Waals surface area contributed by atoms with Crippen LogP contribution in [-0.2, 0) is 20.0 Å². The van der Waals surface area contributed by atoms with Crippen LogP contribution in [-0.4, -0.2) is 22.1 Å². The minimum Gasteiger partial charge on any atom is -0.479 e. The Labute approximate surface area is 93.2 Å². The van der Waals surface area contributed by atoms with Gasteiger partial charge in [-0.1, -0.05) is 30.3 Å². The largest absolute Gasteiger partial charge is 0.479 e. The third kappa shape index (κ3) is 4.14. The first-order valence-electron chi connectivity index (χ1n) is 4.68. The van der Waals surface area contributed by atoms with E-state index in [1.54, 1.807) is 30.3 Å². The van der Waals surface area contributed by atoms with Gasteiger partial charge in [0.2, 0.25) is 0 Å². The summed E-state index contributed by atoms with van der Waals surface area (Å²) in [6.07, 6.45) is -1.48. The van der Waals surface area contributed by atoms with Crippen LogP contribution in [0.4, 0.5) is 0 Å². The normalized spacial score (nSPS) is 16.4. The zero-order valence-electron chi connectivity index (χ0n) is 8.74. The van der Waals surface area contributed by atoms with Gasteiger partial charge in [-0.3, -0.25) is 9.09 Å². The first-order chi connectivity index (χ1) is 7.41. The second kappa shape index (κ2) is 5.25. The first kappa shape index (κ1) is 12.9. The summed E-state index contributed by atoms with van der Waals surface area (Å²) < 4.78 is 16.2. The van der Waals surface area contributed by atoms with Crippen molar-refractivity contribution in [2.75, 3.05) is 0 Å². The van der Waals surface area contributed by atoms with Gasteiger partial charge in [0.25, 0.3) is 0 Å². The molecule has 1 aromatic carbocycles. The van der Waals surface area contributed by atoms with Gasteiger partial charge < -0.3 is 10.00 Å². The van der Waals surface area contributed by atoms with Gasteiger partial charge in [-0.05, 0) is 12.5 Å². The Morgan fingerprint density at radius 3 is 2.50 bits per heavy atom.